The third-order valence-corrected chi connectivity index (χ3v) is 4.32. The molecular weight excluding hydrogens is 236 g/mol. The molecule has 2 rings (SSSR count). The molecule has 2 atom stereocenters. The van der Waals surface area contributed by atoms with Gasteiger partial charge in [-0.15, -0.1) is 0 Å². The van der Waals surface area contributed by atoms with E-state index in [9.17, 15) is 0 Å². The third kappa shape index (κ3) is 3.37. The summed E-state index contributed by atoms with van der Waals surface area (Å²) in [4.78, 5) is 7.06. The molecule has 0 bridgehead atoms. The highest BCUT2D eigenvalue weighted by atomic mass is 15.3. The second-order valence-corrected chi connectivity index (χ2v) is 6.77. The van der Waals surface area contributed by atoms with Gasteiger partial charge in [0.15, 0.2) is 0 Å². The van der Waals surface area contributed by atoms with Crippen LogP contribution < -0.4 is 5.32 Å². The Morgan fingerprint density at radius 1 is 1.42 bits per heavy atom. The van der Waals surface area contributed by atoms with Gasteiger partial charge in [0.1, 0.15) is 5.82 Å². The SMILES string of the molecule is CCC1CNC(C(C)(C)C)CN1Cc1nccn1C. The summed E-state index contributed by atoms with van der Waals surface area (Å²) < 4.78 is 2.13. The number of imidazole rings is 1. The van der Waals surface area contributed by atoms with Crippen molar-refractivity contribution in [2.24, 2.45) is 12.5 Å². The van der Waals surface area contributed by atoms with Gasteiger partial charge in [-0.05, 0) is 11.8 Å². The molecule has 0 spiro atoms. The normalized spacial score (nSPS) is 25.7. The van der Waals surface area contributed by atoms with Gasteiger partial charge in [0, 0.05) is 44.6 Å². The van der Waals surface area contributed by atoms with E-state index in [4.69, 9.17) is 0 Å². The second-order valence-electron chi connectivity index (χ2n) is 6.77. The molecule has 1 aromatic rings. The fraction of sp³-hybridized carbons (Fsp3) is 0.800. The summed E-state index contributed by atoms with van der Waals surface area (Å²) in [5.41, 5.74) is 0.304. The number of hydrogen-bond donors (Lipinski definition) is 1. The Morgan fingerprint density at radius 3 is 2.68 bits per heavy atom. The quantitative estimate of drug-likeness (QED) is 0.906. The topological polar surface area (TPSA) is 33.1 Å². The van der Waals surface area contributed by atoms with Crippen molar-refractivity contribution in [3.05, 3.63) is 18.2 Å². The van der Waals surface area contributed by atoms with E-state index in [-0.39, 0.29) is 0 Å². The summed E-state index contributed by atoms with van der Waals surface area (Å²) >= 11 is 0. The van der Waals surface area contributed by atoms with E-state index in [1.807, 2.05) is 12.4 Å². The molecule has 108 valence electrons. The first-order valence-electron chi connectivity index (χ1n) is 7.35. The van der Waals surface area contributed by atoms with Crippen LogP contribution in [0.1, 0.15) is 39.9 Å². The van der Waals surface area contributed by atoms with Crippen molar-refractivity contribution >= 4 is 0 Å². The molecule has 0 aliphatic carbocycles. The fourth-order valence-corrected chi connectivity index (χ4v) is 2.76. The van der Waals surface area contributed by atoms with Crippen LogP contribution in [0, 0.1) is 5.41 Å². The van der Waals surface area contributed by atoms with Crippen molar-refractivity contribution in [1.82, 2.24) is 19.8 Å². The lowest BCUT2D eigenvalue weighted by Crippen LogP contribution is -2.59. The average Bonchev–Trinajstić information content (AvgIpc) is 2.74. The molecule has 19 heavy (non-hydrogen) atoms. The average molecular weight is 264 g/mol. The number of nitrogens with zero attached hydrogens (tertiary/aromatic N) is 3. The van der Waals surface area contributed by atoms with Gasteiger partial charge < -0.3 is 9.88 Å². The van der Waals surface area contributed by atoms with Gasteiger partial charge in [0.2, 0.25) is 0 Å². The predicted molar refractivity (Wildman–Crippen MR) is 78.9 cm³/mol. The van der Waals surface area contributed by atoms with E-state index in [0.717, 1.165) is 25.5 Å². The van der Waals surface area contributed by atoms with E-state index in [1.165, 1.54) is 6.42 Å². The molecule has 0 amide bonds. The molecule has 1 saturated heterocycles. The standard InChI is InChI=1S/C15H28N4/c1-6-12-9-17-13(15(2,3)4)10-19(12)11-14-16-7-8-18(14)5/h7-8,12-13,17H,6,9-11H2,1-5H3. The summed E-state index contributed by atoms with van der Waals surface area (Å²) in [7, 11) is 2.08. The zero-order valence-corrected chi connectivity index (χ0v) is 13.0. The van der Waals surface area contributed by atoms with Gasteiger partial charge in [-0.25, -0.2) is 4.98 Å². The van der Waals surface area contributed by atoms with Crippen molar-refractivity contribution < 1.29 is 0 Å². The van der Waals surface area contributed by atoms with Crippen LogP contribution in [-0.4, -0.2) is 39.6 Å². The largest absolute Gasteiger partial charge is 0.337 e. The minimum atomic E-state index is 0.304. The van der Waals surface area contributed by atoms with E-state index < -0.39 is 0 Å². The Bertz CT molecular complexity index is 405. The maximum atomic E-state index is 4.47. The number of nitrogens with one attached hydrogen (secondary N) is 1. The van der Waals surface area contributed by atoms with E-state index >= 15 is 0 Å². The summed E-state index contributed by atoms with van der Waals surface area (Å²) in [5.74, 6) is 1.16. The molecule has 1 fully saturated rings. The summed E-state index contributed by atoms with van der Waals surface area (Å²) in [5, 5.41) is 3.72. The lowest BCUT2D eigenvalue weighted by molar-refractivity contribution is 0.0747. The third-order valence-electron chi connectivity index (χ3n) is 4.32. The number of aromatic nitrogens is 2. The molecule has 0 radical (unpaired) electrons. The minimum absolute atomic E-state index is 0.304. The molecule has 0 saturated carbocycles. The number of rotatable bonds is 3. The van der Waals surface area contributed by atoms with Crippen molar-refractivity contribution in [2.45, 2.75) is 52.7 Å². The Kier molecular flexibility index (Phi) is 4.31. The molecule has 1 aliphatic rings. The number of aryl methyl sites for hydroxylation is 1. The monoisotopic (exact) mass is 264 g/mol. The lowest BCUT2D eigenvalue weighted by Gasteiger charge is -2.44. The first-order chi connectivity index (χ1) is 8.91. The molecule has 1 N–H and O–H groups in total. The maximum Gasteiger partial charge on any atom is 0.122 e. The first kappa shape index (κ1) is 14.5. The highest BCUT2D eigenvalue weighted by Gasteiger charge is 2.33. The van der Waals surface area contributed by atoms with Crippen LogP contribution in [0.5, 0.6) is 0 Å². The van der Waals surface area contributed by atoms with Crippen LogP contribution >= 0.6 is 0 Å². The van der Waals surface area contributed by atoms with Crippen LogP contribution in [0.25, 0.3) is 0 Å². The van der Waals surface area contributed by atoms with Crippen LogP contribution in [0.2, 0.25) is 0 Å². The molecule has 0 aromatic carbocycles. The zero-order valence-electron chi connectivity index (χ0n) is 13.0. The molecular formula is C15H28N4. The van der Waals surface area contributed by atoms with Gasteiger partial charge in [0.05, 0.1) is 6.54 Å². The zero-order chi connectivity index (χ0) is 14.0. The van der Waals surface area contributed by atoms with Crippen LogP contribution in [0.3, 0.4) is 0 Å². The molecule has 4 nitrogen and oxygen atoms in total. The van der Waals surface area contributed by atoms with Gasteiger partial charge in [0.25, 0.3) is 0 Å². The van der Waals surface area contributed by atoms with Crippen molar-refractivity contribution in [3.8, 4) is 0 Å². The van der Waals surface area contributed by atoms with Gasteiger partial charge in [-0.3, -0.25) is 4.90 Å². The Labute approximate surface area is 117 Å². The van der Waals surface area contributed by atoms with Gasteiger partial charge >= 0.3 is 0 Å². The van der Waals surface area contributed by atoms with Crippen LogP contribution in [0.15, 0.2) is 12.4 Å². The van der Waals surface area contributed by atoms with E-state index in [2.05, 4.69) is 54.5 Å². The second kappa shape index (κ2) is 5.63. The van der Waals surface area contributed by atoms with Gasteiger partial charge in [-0.2, -0.15) is 0 Å². The highest BCUT2D eigenvalue weighted by Crippen LogP contribution is 2.25. The van der Waals surface area contributed by atoms with E-state index in [1.54, 1.807) is 0 Å². The first-order valence-corrected chi connectivity index (χ1v) is 7.35. The molecule has 1 aromatic heterocycles. The summed E-state index contributed by atoms with van der Waals surface area (Å²) in [6.07, 6.45) is 5.10. The lowest BCUT2D eigenvalue weighted by atomic mass is 9.84. The summed E-state index contributed by atoms with van der Waals surface area (Å²) in [6, 6.07) is 1.17. The molecule has 2 heterocycles. The minimum Gasteiger partial charge on any atom is -0.337 e. The smallest absolute Gasteiger partial charge is 0.122 e. The maximum absolute atomic E-state index is 4.47. The Hall–Kier alpha value is -0.870. The van der Waals surface area contributed by atoms with Crippen LogP contribution in [0.4, 0.5) is 0 Å². The number of piperazine rings is 1. The van der Waals surface area contributed by atoms with Gasteiger partial charge in [-0.1, -0.05) is 27.7 Å². The number of hydrogen-bond acceptors (Lipinski definition) is 3. The molecule has 1 aliphatic heterocycles. The Morgan fingerprint density at radius 2 is 2.16 bits per heavy atom. The molecule has 4 heteroatoms. The van der Waals surface area contributed by atoms with Crippen molar-refractivity contribution in [3.63, 3.8) is 0 Å². The fourth-order valence-electron chi connectivity index (χ4n) is 2.76. The predicted octanol–water partition coefficient (Wildman–Crippen LogP) is 2.02. The van der Waals surface area contributed by atoms with Crippen molar-refractivity contribution in [2.75, 3.05) is 13.1 Å². The van der Waals surface area contributed by atoms with Crippen molar-refractivity contribution in [1.29, 1.82) is 0 Å². The van der Waals surface area contributed by atoms with Crippen LogP contribution in [-0.2, 0) is 13.6 Å². The highest BCUT2D eigenvalue weighted by molar-refractivity contribution is 4.96. The Balaban J connectivity index is 2.08. The molecule has 2 unspecified atom stereocenters. The summed E-state index contributed by atoms with van der Waals surface area (Å²) in [6.45, 7) is 12.4. The van der Waals surface area contributed by atoms with E-state index in [0.29, 0.717) is 17.5 Å².